The molecule has 0 spiro atoms. The van der Waals surface area contributed by atoms with Crippen molar-refractivity contribution < 1.29 is 9.84 Å². The Balaban J connectivity index is 2.10. The molecule has 0 saturated heterocycles. The van der Waals surface area contributed by atoms with Gasteiger partial charge in [0.2, 0.25) is 0 Å². The highest BCUT2D eigenvalue weighted by Gasteiger charge is 2.05. The molecule has 2 N–H and O–H groups in total. The third-order valence-corrected chi connectivity index (χ3v) is 3.22. The van der Waals surface area contributed by atoms with Crippen LogP contribution in [0.3, 0.4) is 0 Å². The molecule has 0 saturated carbocycles. The predicted octanol–water partition coefficient (Wildman–Crippen LogP) is 3.93. The normalized spacial score (nSPS) is 9.95. The maximum Gasteiger partial charge on any atom is 0.161 e. The Bertz CT molecular complexity index is 680. The number of aromatic hydroxyl groups is 1. The molecule has 0 aliphatic carbocycles. The lowest BCUT2D eigenvalue weighted by atomic mass is 10.2. The van der Waals surface area contributed by atoms with Gasteiger partial charge in [0.15, 0.2) is 11.5 Å². The fraction of sp³-hybridized carbons (Fsp3) is 0.188. The van der Waals surface area contributed by atoms with Crippen molar-refractivity contribution in [1.29, 1.82) is 5.26 Å². The van der Waals surface area contributed by atoms with Crippen LogP contribution in [-0.4, -0.2) is 11.7 Å². The molecular formula is C16H15ClN2O2. The van der Waals surface area contributed by atoms with Gasteiger partial charge in [-0.25, -0.2) is 0 Å². The van der Waals surface area contributed by atoms with Crippen molar-refractivity contribution in [3.63, 3.8) is 0 Å². The zero-order chi connectivity index (χ0) is 15.2. The lowest BCUT2D eigenvalue weighted by Gasteiger charge is -2.11. The molecule has 0 fully saturated rings. The Morgan fingerprint density at radius 3 is 2.76 bits per heavy atom. The van der Waals surface area contributed by atoms with E-state index >= 15 is 0 Å². The molecule has 0 aliphatic rings. The highest BCUT2D eigenvalue weighted by molar-refractivity contribution is 6.33. The minimum Gasteiger partial charge on any atom is -0.504 e. The molecule has 2 aromatic rings. The smallest absolute Gasteiger partial charge is 0.161 e. The minimum atomic E-state index is 0.122. The molecule has 0 aromatic heterocycles. The van der Waals surface area contributed by atoms with Gasteiger partial charge in [-0.3, -0.25) is 0 Å². The van der Waals surface area contributed by atoms with E-state index in [9.17, 15) is 5.11 Å². The summed E-state index contributed by atoms with van der Waals surface area (Å²) in [5, 5.41) is 22.1. The van der Waals surface area contributed by atoms with Gasteiger partial charge in [-0.05, 0) is 42.8 Å². The van der Waals surface area contributed by atoms with E-state index in [0.29, 0.717) is 29.5 Å². The van der Waals surface area contributed by atoms with Gasteiger partial charge in [0.1, 0.15) is 0 Å². The number of rotatable bonds is 5. The van der Waals surface area contributed by atoms with Gasteiger partial charge in [-0.1, -0.05) is 17.7 Å². The molecule has 2 aromatic carbocycles. The molecule has 108 valence electrons. The number of nitrogens with one attached hydrogen (secondary N) is 1. The Morgan fingerprint density at radius 2 is 2.10 bits per heavy atom. The maximum absolute atomic E-state index is 9.66. The molecule has 0 radical (unpaired) electrons. The number of anilines is 1. The number of ether oxygens (including phenoxy) is 1. The zero-order valence-corrected chi connectivity index (χ0v) is 12.3. The number of halogens is 1. The Morgan fingerprint density at radius 1 is 1.29 bits per heavy atom. The van der Waals surface area contributed by atoms with Crippen molar-refractivity contribution in [2.24, 2.45) is 0 Å². The monoisotopic (exact) mass is 302 g/mol. The van der Waals surface area contributed by atoms with Gasteiger partial charge in [0.05, 0.1) is 28.9 Å². The van der Waals surface area contributed by atoms with Gasteiger partial charge in [0, 0.05) is 6.54 Å². The second-order valence-corrected chi connectivity index (χ2v) is 4.80. The second kappa shape index (κ2) is 6.87. The van der Waals surface area contributed by atoms with Crippen molar-refractivity contribution in [3.05, 3.63) is 52.5 Å². The maximum atomic E-state index is 9.66. The van der Waals surface area contributed by atoms with E-state index in [2.05, 4.69) is 5.32 Å². The van der Waals surface area contributed by atoms with E-state index in [-0.39, 0.29) is 5.75 Å². The molecule has 0 unspecified atom stereocenters. The average Bonchev–Trinajstić information content (AvgIpc) is 2.49. The molecular weight excluding hydrogens is 288 g/mol. The summed E-state index contributed by atoms with van der Waals surface area (Å²) >= 11 is 6.10. The third kappa shape index (κ3) is 3.80. The van der Waals surface area contributed by atoms with Gasteiger partial charge in [-0.15, -0.1) is 0 Å². The largest absolute Gasteiger partial charge is 0.504 e. The third-order valence-electron chi connectivity index (χ3n) is 2.91. The number of nitriles is 1. The highest BCUT2D eigenvalue weighted by Crippen LogP contribution is 2.28. The van der Waals surface area contributed by atoms with Crippen LogP contribution in [-0.2, 0) is 6.54 Å². The van der Waals surface area contributed by atoms with Gasteiger partial charge in [0.25, 0.3) is 0 Å². The molecule has 21 heavy (non-hydrogen) atoms. The van der Waals surface area contributed by atoms with Crippen LogP contribution >= 0.6 is 11.6 Å². The van der Waals surface area contributed by atoms with E-state index in [4.69, 9.17) is 21.6 Å². The molecule has 0 aliphatic heterocycles. The van der Waals surface area contributed by atoms with Gasteiger partial charge >= 0.3 is 0 Å². The summed E-state index contributed by atoms with van der Waals surface area (Å²) in [5.41, 5.74) is 2.23. The lowest BCUT2D eigenvalue weighted by Crippen LogP contribution is -2.01. The van der Waals surface area contributed by atoms with Crippen molar-refractivity contribution >= 4 is 17.3 Å². The first kappa shape index (κ1) is 15.0. The number of nitrogens with zero attached hydrogens (tertiary/aromatic N) is 1. The first-order chi connectivity index (χ1) is 10.1. The van der Waals surface area contributed by atoms with Crippen LogP contribution in [0.5, 0.6) is 11.5 Å². The molecule has 4 nitrogen and oxygen atoms in total. The fourth-order valence-corrected chi connectivity index (χ4v) is 2.11. The van der Waals surface area contributed by atoms with E-state index in [1.165, 1.54) is 0 Å². The van der Waals surface area contributed by atoms with Gasteiger partial charge < -0.3 is 15.2 Å². The Kier molecular flexibility index (Phi) is 4.91. The average molecular weight is 303 g/mol. The lowest BCUT2D eigenvalue weighted by molar-refractivity contribution is 0.318. The summed E-state index contributed by atoms with van der Waals surface area (Å²) in [5.74, 6) is 0.583. The highest BCUT2D eigenvalue weighted by atomic mass is 35.5. The first-order valence-corrected chi connectivity index (χ1v) is 6.90. The molecule has 0 heterocycles. The van der Waals surface area contributed by atoms with Crippen molar-refractivity contribution in [2.45, 2.75) is 13.5 Å². The number of hydrogen-bond donors (Lipinski definition) is 2. The van der Waals surface area contributed by atoms with Crippen LogP contribution in [0.1, 0.15) is 18.1 Å². The zero-order valence-electron chi connectivity index (χ0n) is 11.6. The summed E-state index contributed by atoms with van der Waals surface area (Å²) in [4.78, 5) is 0. The van der Waals surface area contributed by atoms with Crippen LogP contribution in [0.25, 0.3) is 0 Å². The minimum absolute atomic E-state index is 0.122. The molecule has 0 amide bonds. The number of hydrogen-bond acceptors (Lipinski definition) is 4. The summed E-state index contributed by atoms with van der Waals surface area (Å²) in [6.45, 7) is 2.89. The van der Waals surface area contributed by atoms with Crippen molar-refractivity contribution in [2.75, 3.05) is 11.9 Å². The summed E-state index contributed by atoms with van der Waals surface area (Å²) in [6.07, 6.45) is 0. The standard InChI is InChI=1S/C16H15ClN2O2/c1-2-21-16-8-12(4-6-15(16)20)10-19-14-5-3-11(9-18)7-13(14)17/h3-8,19-20H,2,10H2,1H3. The predicted molar refractivity (Wildman–Crippen MR) is 82.8 cm³/mol. The number of phenols is 1. The van der Waals surface area contributed by atoms with Crippen molar-refractivity contribution in [1.82, 2.24) is 0 Å². The molecule has 0 atom stereocenters. The Hall–Kier alpha value is -2.38. The SMILES string of the molecule is CCOc1cc(CNc2ccc(C#N)cc2Cl)ccc1O. The second-order valence-electron chi connectivity index (χ2n) is 4.40. The fourth-order valence-electron chi connectivity index (χ4n) is 1.86. The topological polar surface area (TPSA) is 65.3 Å². The van der Waals surface area contributed by atoms with Crippen LogP contribution < -0.4 is 10.1 Å². The summed E-state index contributed by atoms with van der Waals surface area (Å²) < 4.78 is 5.34. The van der Waals surface area contributed by atoms with E-state index in [1.54, 1.807) is 30.3 Å². The summed E-state index contributed by atoms with van der Waals surface area (Å²) in [7, 11) is 0. The number of benzene rings is 2. The van der Waals surface area contributed by atoms with Crippen LogP contribution in [0.4, 0.5) is 5.69 Å². The first-order valence-electron chi connectivity index (χ1n) is 6.52. The number of phenolic OH excluding ortho intramolecular Hbond substituents is 1. The van der Waals surface area contributed by atoms with Crippen LogP contribution in [0, 0.1) is 11.3 Å². The van der Waals surface area contributed by atoms with E-state index in [0.717, 1.165) is 11.3 Å². The quantitative estimate of drug-likeness (QED) is 0.878. The van der Waals surface area contributed by atoms with Gasteiger partial charge in [-0.2, -0.15) is 5.26 Å². The van der Waals surface area contributed by atoms with E-state index in [1.807, 2.05) is 19.1 Å². The molecule has 5 heteroatoms. The molecule has 0 bridgehead atoms. The van der Waals surface area contributed by atoms with Crippen LogP contribution in [0.2, 0.25) is 5.02 Å². The Labute approximate surface area is 128 Å². The van der Waals surface area contributed by atoms with Crippen molar-refractivity contribution in [3.8, 4) is 17.6 Å². The molecule has 2 rings (SSSR count). The van der Waals surface area contributed by atoms with E-state index < -0.39 is 0 Å². The summed E-state index contributed by atoms with van der Waals surface area (Å²) in [6, 6.07) is 12.3. The van der Waals surface area contributed by atoms with Crippen LogP contribution in [0.15, 0.2) is 36.4 Å².